The van der Waals surface area contributed by atoms with Gasteiger partial charge in [0, 0.05) is 17.7 Å². The lowest BCUT2D eigenvalue weighted by Gasteiger charge is -2.28. The average Bonchev–Trinajstić information content (AvgIpc) is 2.37. The van der Waals surface area contributed by atoms with Gasteiger partial charge in [-0.25, -0.2) is 0 Å². The van der Waals surface area contributed by atoms with Crippen molar-refractivity contribution in [3.05, 3.63) is 34.9 Å². The van der Waals surface area contributed by atoms with Gasteiger partial charge in [-0.3, -0.25) is 0 Å². The number of nitrogens with two attached hydrogens (primary N) is 1. The molecular weight excluding hydrogens is 258 g/mol. The fourth-order valence-electron chi connectivity index (χ4n) is 2.48. The van der Waals surface area contributed by atoms with Crippen molar-refractivity contribution in [1.82, 2.24) is 0 Å². The summed E-state index contributed by atoms with van der Waals surface area (Å²) in [6.07, 6.45) is 6.20. The van der Waals surface area contributed by atoms with Crippen LogP contribution in [0.2, 0.25) is 5.02 Å². The Bertz CT molecular complexity index is 375. The van der Waals surface area contributed by atoms with E-state index < -0.39 is 0 Å². The number of rotatable bonds is 7. The molecule has 0 bridgehead atoms. The van der Waals surface area contributed by atoms with Crippen LogP contribution in [0.5, 0.6) is 0 Å². The molecule has 2 atom stereocenters. The SMILES string of the molecule is CCC(N)C(OCCC1CCC1)c1ccc(Cl)cc1. The van der Waals surface area contributed by atoms with Crippen LogP contribution in [0.4, 0.5) is 0 Å². The first-order valence-electron chi connectivity index (χ1n) is 7.33. The Labute approximate surface area is 121 Å². The van der Waals surface area contributed by atoms with E-state index in [9.17, 15) is 0 Å². The minimum atomic E-state index is -0.0117. The second-order valence-corrected chi connectivity index (χ2v) is 5.94. The molecule has 1 aliphatic rings. The van der Waals surface area contributed by atoms with Crippen molar-refractivity contribution >= 4 is 11.6 Å². The Morgan fingerprint density at radius 1 is 1.32 bits per heavy atom. The molecule has 0 aliphatic heterocycles. The number of benzene rings is 1. The van der Waals surface area contributed by atoms with Gasteiger partial charge in [-0.05, 0) is 36.5 Å². The van der Waals surface area contributed by atoms with Crippen molar-refractivity contribution in [3.63, 3.8) is 0 Å². The Morgan fingerprint density at radius 3 is 2.53 bits per heavy atom. The highest BCUT2D eigenvalue weighted by atomic mass is 35.5. The highest BCUT2D eigenvalue weighted by molar-refractivity contribution is 6.30. The number of ether oxygens (including phenoxy) is 1. The van der Waals surface area contributed by atoms with E-state index in [-0.39, 0.29) is 12.1 Å². The third kappa shape index (κ3) is 4.20. The van der Waals surface area contributed by atoms with Gasteiger partial charge in [-0.2, -0.15) is 0 Å². The first-order chi connectivity index (χ1) is 9.20. The van der Waals surface area contributed by atoms with Crippen molar-refractivity contribution in [2.75, 3.05) is 6.61 Å². The third-order valence-electron chi connectivity index (χ3n) is 4.11. The monoisotopic (exact) mass is 281 g/mol. The third-order valence-corrected chi connectivity index (χ3v) is 4.36. The molecule has 2 rings (SSSR count). The van der Waals surface area contributed by atoms with Crippen LogP contribution < -0.4 is 5.73 Å². The van der Waals surface area contributed by atoms with Gasteiger partial charge in [0.25, 0.3) is 0 Å². The molecule has 106 valence electrons. The zero-order valence-corrected chi connectivity index (χ0v) is 12.4. The van der Waals surface area contributed by atoms with Gasteiger partial charge in [0.15, 0.2) is 0 Å². The molecule has 0 radical (unpaired) electrons. The van der Waals surface area contributed by atoms with Crippen LogP contribution >= 0.6 is 11.6 Å². The molecule has 0 spiro atoms. The van der Waals surface area contributed by atoms with Crippen molar-refractivity contribution in [1.29, 1.82) is 0 Å². The van der Waals surface area contributed by atoms with Gasteiger partial charge in [-0.15, -0.1) is 0 Å². The Morgan fingerprint density at radius 2 is 2.00 bits per heavy atom. The van der Waals surface area contributed by atoms with E-state index >= 15 is 0 Å². The van der Waals surface area contributed by atoms with Gasteiger partial charge in [0.1, 0.15) is 0 Å². The van der Waals surface area contributed by atoms with Gasteiger partial charge in [0.05, 0.1) is 6.10 Å². The number of hydrogen-bond acceptors (Lipinski definition) is 2. The zero-order valence-electron chi connectivity index (χ0n) is 11.6. The highest BCUT2D eigenvalue weighted by Crippen LogP contribution is 2.30. The maximum absolute atomic E-state index is 6.19. The van der Waals surface area contributed by atoms with Crippen LogP contribution in [0.1, 0.15) is 50.7 Å². The first-order valence-corrected chi connectivity index (χ1v) is 7.71. The van der Waals surface area contributed by atoms with Crippen LogP contribution in [0.3, 0.4) is 0 Å². The van der Waals surface area contributed by atoms with E-state index in [4.69, 9.17) is 22.1 Å². The smallest absolute Gasteiger partial charge is 0.0975 e. The van der Waals surface area contributed by atoms with Crippen LogP contribution in [-0.2, 0) is 4.74 Å². The summed E-state index contributed by atoms with van der Waals surface area (Å²) in [7, 11) is 0. The summed E-state index contributed by atoms with van der Waals surface area (Å²) in [6, 6.07) is 7.89. The topological polar surface area (TPSA) is 35.2 Å². The average molecular weight is 282 g/mol. The Balaban J connectivity index is 1.92. The lowest BCUT2D eigenvalue weighted by atomic mass is 9.83. The van der Waals surface area contributed by atoms with E-state index in [1.54, 1.807) is 0 Å². The van der Waals surface area contributed by atoms with Crippen molar-refractivity contribution in [3.8, 4) is 0 Å². The van der Waals surface area contributed by atoms with E-state index in [0.29, 0.717) is 0 Å². The van der Waals surface area contributed by atoms with E-state index in [1.165, 1.54) is 25.7 Å². The number of halogens is 1. The van der Waals surface area contributed by atoms with E-state index in [2.05, 4.69) is 6.92 Å². The molecule has 2 N–H and O–H groups in total. The molecule has 1 saturated carbocycles. The largest absolute Gasteiger partial charge is 0.372 e. The minimum Gasteiger partial charge on any atom is -0.372 e. The molecule has 1 aliphatic carbocycles. The first kappa shape index (κ1) is 14.8. The second-order valence-electron chi connectivity index (χ2n) is 5.50. The Kier molecular flexibility index (Phi) is 5.68. The van der Waals surface area contributed by atoms with E-state index in [0.717, 1.165) is 29.5 Å². The van der Waals surface area contributed by atoms with Crippen molar-refractivity contribution < 1.29 is 4.74 Å². The highest BCUT2D eigenvalue weighted by Gasteiger charge is 2.21. The molecule has 0 heterocycles. The summed E-state index contributed by atoms with van der Waals surface area (Å²) in [4.78, 5) is 0. The van der Waals surface area contributed by atoms with E-state index in [1.807, 2.05) is 24.3 Å². The lowest BCUT2D eigenvalue weighted by Crippen LogP contribution is -2.30. The standard InChI is InChI=1S/C16H24ClNO/c1-2-15(18)16(13-6-8-14(17)9-7-13)19-11-10-12-4-3-5-12/h6-9,12,15-16H,2-5,10-11,18H2,1H3. The van der Waals surface area contributed by atoms with Crippen LogP contribution in [-0.4, -0.2) is 12.6 Å². The molecule has 3 heteroatoms. The quantitative estimate of drug-likeness (QED) is 0.807. The molecule has 1 fully saturated rings. The summed E-state index contributed by atoms with van der Waals surface area (Å²) >= 11 is 5.93. The van der Waals surface area contributed by atoms with Crippen molar-refractivity contribution in [2.45, 2.75) is 51.2 Å². The molecule has 0 saturated heterocycles. The Hall–Kier alpha value is -0.570. The lowest BCUT2D eigenvalue weighted by molar-refractivity contribution is 0.0203. The van der Waals surface area contributed by atoms with Crippen LogP contribution in [0, 0.1) is 5.92 Å². The summed E-state index contributed by atoms with van der Waals surface area (Å²) < 4.78 is 6.06. The summed E-state index contributed by atoms with van der Waals surface area (Å²) in [5.41, 5.74) is 7.32. The second kappa shape index (κ2) is 7.28. The molecule has 0 amide bonds. The molecule has 2 unspecified atom stereocenters. The summed E-state index contributed by atoms with van der Waals surface area (Å²) in [6.45, 7) is 2.91. The molecule has 19 heavy (non-hydrogen) atoms. The molecule has 1 aromatic carbocycles. The molecular formula is C16H24ClNO. The molecule has 1 aromatic rings. The van der Waals surface area contributed by atoms with Crippen LogP contribution in [0.25, 0.3) is 0 Å². The predicted octanol–water partition coefficient (Wildman–Crippen LogP) is 4.33. The summed E-state index contributed by atoms with van der Waals surface area (Å²) in [5, 5.41) is 0.752. The maximum atomic E-state index is 6.19. The van der Waals surface area contributed by atoms with Gasteiger partial charge in [-0.1, -0.05) is 49.9 Å². The van der Waals surface area contributed by atoms with Gasteiger partial charge >= 0.3 is 0 Å². The molecule has 0 aromatic heterocycles. The normalized spacial score (nSPS) is 18.9. The molecule has 2 nitrogen and oxygen atoms in total. The van der Waals surface area contributed by atoms with Gasteiger partial charge in [0.2, 0.25) is 0 Å². The predicted molar refractivity (Wildman–Crippen MR) is 80.4 cm³/mol. The number of hydrogen-bond donors (Lipinski definition) is 1. The maximum Gasteiger partial charge on any atom is 0.0975 e. The fraction of sp³-hybridized carbons (Fsp3) is 0.625. The van der Waals surface area contributed by atoms with Gasteiger partial charge < -0.3 is 10.5 Å². The van der Waals surface area contributed by atoms with Crippen LogP contribution in [0.15, 0.2) is 24.3 Å². The minimum absolute atomic E-state index is 0.0117. The summed E-state index contributed by atoms with van der Waals surface area (Å²) in [5.74, 6) is 0.878. The van der Waals surface area contributed by atoms with Crippen molar-refractivity contribution in [2.24, 2.45) is 11.7 Å². The fourth-order valence-corrected chi connectivity index (χ4v) is 2.60. The zero-order chi connectivity index (χ0) is 13.7.